The summed E-state index contributed by atoms with van der Waals surface area (Å²) in [6, 6.07) is 15.5. The highest BCUT2D eigenvalue weighted by atomic mass is 16.2. The second kappa shape index (κ2) is 3.84. The molecule has 0 bridgehead atoms. The molecular weight excluding hydrogens is 250 g/mol. The molecule has 0 fully saturated rings. The van der Waals surface area contributed by atoms with E-state index in [1.54, 1.807) is 6.07 Å². The molecule has 2 aromatic carbocycles. The highest BCUT2D eigenvalue weighted by Gasteiger charge is 2.40. The number of nitriles is 1. The number of anilines is 3. The summed E-state index contributed by atoms with van der Waals surface area (Å²) in [7, 11) is 0. The van der Waals surface area contributed by atoms with Crippen LogP contribution >= 0.6 is 0 Å². The lowest BCUT2D eigenvalue weighted by atomic mass is 10.0. The zero-order valence-corrected chi connectivity index (χ0v) is 10.6. The molecule has 0 aromatic heterocycles. The molecule has 2 aromatic rings. The summed E-state index contributed by atoms with van der Waals surface area (Å²) in [4.78, 5) is 14.4. The molecule has 1 unspecified atom stereocenters. The van der Waals surface area contributed by atoms with Gasteiger partial charge >= 0.3 is 0 Å². The predicted molar refractivity (Wildman–Crippen MR) is 75.9 cm³/mol. The maximum absolute atomic E-state index is 12.3. The standard InChI is InChI=1S/C16H11N3O/c17-9-11-5-3-7-13-15(11)18-16(20)14-8-10-4-1-2-6-12(10)19(13)14/h1-7,14H,8H2,(H,18,20). The molecule has 0 radical (unpaired) electrons. The van der Waals surface area contributed by atoms with Crippen LogP contribution in [0, 0.1) is 11.3 Å². The molecule has 2 aliphatic heterocycles. The van der Waals surface area contributed by atoms with Crippen molar-refractivity contribution >= 4 is 23.0 Å². The Kier molecular flexibility index (Phi) is 2.13. The summed E-state index contributed by atoms with van der Waals surface area (Å²) in [5.41, 5.74) is 4.25. The topological polar surface area (TPSA) is 56.1 Å². The van der Waals surface area contributed by atoms with Crippen molar-refractivity contribution in [2.24, 2.45) is 0 Å². The third kappa shape index (κ3) is 1.32. The molecule has 2 heterocycles. The SMILES string of the molecule is N#Cc1cccc2c1NC(=O)C1Cc3ccccc3N21. The Bertz CT molecular complexity index is 776. The van der Waals surface area contributed by atoms with Gasteiger partial charge in [-0.05, 0) is 23.8 Å². The third-order valence-corrected chi connectivity index (χ3v) is 3.95. The minimum Gasteiger partial charge on any atom is -0.327 e. The smallest absolute Gasteiger partial charge is 0.247 e. The number of carbonyl (C=O) groups is 1. The number of nitrogens with one attached hydrogen (secondary N) is 1. The van der Waals surface area contributed by atoms with E-state index in [1.807, 2.05) is 35.2 Å². The van der Waals surface area contributed by atoms with Gasteiger partial charge in [-0.25, -0.2) is 0 Å². The molecule has 96 valence electrons. The van der Waals surface area contributed by atoms with Gasteiger partial charge in [0.2, 0.25) is 5.91 Å². The minimum atomic E-state index is -0.214. The molecular formula is C16H11N3O. The monoisotopic (exact) mass is 261 g/mol. The number of amides is 1. The maximum atomic E-state index is 12.3. The molecule has 1 N–H and O–H groups in total. The molecule has 0 aliphatic carbocycles. The Hall–Kier alpha value is -2.80. The minimum absolute atomic E-state index is 0.0450. The van der Waals surface area contributed by atoms with Crippen molar-refractivity contribution < 1.29 is 4.79 Å². The van der Waals surface area contributed by atoms with Crippen molar-refractivity contribution in [3.63, 3.8) is 0 Å². The van der Waals surface area contributed by atoms with E-state index < -0.39 is 0 Å². The molecule has 4 rings (SSSR count). The van der Waals surface area contributed by atoms with Crippen LogP contribution in [0.25, 0.3) is 0 Å². The largest absolute Gasteiger partial charge is 0.327 e. The number of benzene rings is 2. The van der Waals surface area contributed by atoms with Crippen LogP contribution in [0.5, 0.6) is 0 Å². The van der Waals surface area contributed by atoms with Crippen LogP contribution in [0.4, 0.5) is 17.1 Å². The van der Waals surface area contributed by atoms with Crippen molar-refractivity contribution in [1.29, 1.82) is 5.26 Å². The highest BCUT2D eigenvalue weighted by molar-refractivity contribution is 6.08. The van der Waals surface area contributed by atoms with Gasteiger partial charge in [-0.15, -0.1) is 0 Å². The van der Waals surface area contributed by atoms with Crippen molar-refractivity contribution in [3.05, 3.63) is 53.6 Å². The third-order valence-electron chi connectivity index (χ3n) is 3.95. The van der Waals surface area contributed by atoms with E-state index in [0.717, 1.165) is 11.4 Å². The van der Waals surface area contributed by atoms with Crippen LogP contribution < -0.4 is 10.2 Å². The fourth-order valence-corrected chi connectivity index (χ4v) is 3.07. The Morgan fingerprint density at radius 3 is 2.80 bits per heavy atom. The summed E-state index contributed by atoms with van der Waals surface area (Å²) >= 11 is 0. The first kappa shape index (κ1) is 11.1. The Morgan fingerprint density at radius 1 is 1.15 bits per heavy atom. The van der Waals surface area contributed by atoms with E-state index >= 15 is 0 Å². The van der Waals surface area contributed by atoms with Crippen molar-refractivity contribution in [3.8, 4) is 6.07 Å². The van der Waals surface area contributed by atoms with Crippen molar-refractivity contribution in [1.82, 2.24) is 0 Å². The Morgan fingerprint density at radius 2 is 1.95 bits per heavy atom. The normalized spacial score (nSPS) is 18.6. The summed E-state index contributed by atoms with van der Waals surface area (Å²) in [6.07, 6.45) is 0.707. The van der Waals surface area contributed by atoms with E-state index in [1.165, 1.54) is 5.56 Å². The van der Waals surface area contributed by atoms with Gasteiger partial charge in [-0.3, -0.25) is 4.79 Å². The van der Waals surface area contributed by atoms with Crippen LogP contribution in [-0.4, -0.2) is 11.9 Å². The van der Waals surface area contributed by atoms with Crippen LogP contribution in [-0.2, 0) is 11.2 Å². The van der Waals surface area contributed by atoms with Gasteiger partial charge in [-0.1, -0.05) is 24.3 Å². The van der Waals surface area contributed by atoms with Gasteiger partial charge in [0.15, 0.2) is 0 Å². The maximum Gasteiger partial charge on any atom is 0.247 e. The number of carbonyl (C=O) groups excluding carboxylic acids is 1. The lowest BCUT2D eigenvalue weighted by Crippen LogP contribution is -2.43. The first-order valence-corrected chi connectivity index (χ1v) is 6.50. The number of rotatable bonds is 0. The van der Waals surface area contributed by atoms with Crippen LogP contribution in [0.1, 0.15) is 11.1 Å². The number of hydrogen-bond acceptors (Lipinski definition) is 3. The lowest BCUT2D eigenvalue weighted by Gasteiger charge is -2.33. The average Bonchev–Trinajstić information content (AvgIpc) is 2.87. The molecule has 4 heteroatoms. The van der Waals surface area contributed by atoms with E-state index in [0.29, 0.717) is 17.7 Å². The van der Waals surface area contributed by atoms with Crippen LogP contribution in [0.3, 0.4) is 0 Å². The van der Waals surface area contributed by atoms with E-state index in [9.17, 15) is 10.1 Å². The highest BCUT2D eigenvalue weighted by Crippen LogP contribution is 2.45. The zero-order valence-electron chi connectivity index (χ0n) is 10.6. The van der Waals surface area contributed by atoms with Crippen molar-refractivity contribution in [2.75, 3.05) is 10.2 Å². The summed E-state index contributed by atoms with van der Waals surface area (Å²) in [5, 5.41) is 12.1. The Balaban J connectivity index is 1.98. The molecule has 2 aliphatic rings. The van der Waals surface area contributed by atoms with Crippen LogP contribution in [0.15, 0.2) is 42.5 Å². The predicted octanol–water partition coefficient (Wildman–Crippen LogP) is 2.57. The first-order valence-electron chi connectivity index (χ1n) is 6.50. The fraction of sp³-hybridized carbons (Fsp3) is 0.125. The van der Waals surface area contributed by atoms with Crippen molar-refractivity contribution in [2.45, 2.75) is 12.5 Å². The number of para-hydroxylation sites is 2. The molecule has 0 saturated carbocycles. The average molecular weight is 261 g/mol. The van der Waals surface area contributed by atoms with E-state index in [-0.39, 0.29) is 11.9 Å². The van der Waals surface area contributed by atoms with Gasteiger partial charge in [0, 0.05) is 12.1 Å². The van der Waals surface area contributed by atoms with Gasteiger partial charge in [0.05, 0.1) is 16.9 Å². The van der Waals surface area contributed by atoms with Gasteiger partial charge in [0.1, 0.15) is 12.1 Å². The zero-order chi connectivity index (χ0) is 13.7. The quantitative estimate of drug-likeness (QED) is 0.793. The first-order chi connectivity index (χ1) is 9.79. The van der Waals surface area contributed by atoms with Gasteiger partial charge in [-0.2, -0.15) is 5.26 Å². The summed E-state index contributed by atoms with van der Waals surface area (Å²) in [6.45, 7) is 0. The molecule has 1 amide bonds. The van der Waals surface area contributed by atoms with Crippen LogP contribution in [0.2, 0.25) is 0 Å². The van der Waals surface area contributed by atoms with E-state index in [2.05, 4.69) is 17.5 Å². The second-order valence-corrected chi connectivity index (χ2v) is 5.02. The second-order valence-electron chi connectivity index (χ2n) is 5.02. The van der Waals surface area contributed by atoms with Gasteiger partial charge < -0.3 is 10.2 Å². The van der Waals surface area contributed by atoms with Gasteiger partial charge in [0.25, 0.3) is 0 Å². The fourth-order valence-electron chi connectivity index (χ4n) is 3.07. The molecule has 20 heavy (non-hydrogen) atoms. The molecule has 1 atom stereocenters. The lowest BCUT2D eigenvalue weighted by molar-refractivity contribution is -0.117. The summed E-state index contributed by atoms with van der Waals surface area (Å²) < 4.78 is 0. The van der Waals surface area contributed by atoms with E-state index in [4.69, 9.17) is 0 Å². The number of hydrogen-bond donors (Lipinski definition) is 1. The summed E-state index contributed by atoms with van der Waals surface area (Å²) in [5.74, 6) is -0.0450. The molecule has 0 saturated heterocycles. The number of nitrogens with zero attached hydrogens (tertiary/aromatic N) is 2. The number of fused-ring (bicyclic) bond motifs is 5. The molecule has 0 spiro atoms. The Labute approximate surface area is 116 Å². The molecule has 4 nitrogen and oxygen atoms in total.